The molecule has 0 aliphatic rings. The molecule has 0 aliphatic heterocycles. The van der Waals surface area contributed by atoms with E-state index in [-0.39, 0.29) is 0 Å². The van der Waals surface area contributed by atoms with Gasteiger partial charge in [-0.05, 0) is 54.0 Å². The van der Waals surface area contributed by atoms with Crippen LogP contribution >= 0.6 is 15.9 Å². The average molecular weight is 352 g/mol. The maximum absolute atomic E-state index is 5.85. The summed E-state index contributed by atoms with van der Waals surface area (Å²) in [5.41, 5.74) is 3.28. The highest BCUT2D eigenvalue weighted by Crippen LogP contribution is 2.23. The molecule has 1 aromatic carbocycles. The Hall–Kier alpha value is -1.33. The zero-order chi connectivity index (χ0) is 15.4. The monoisotopic (exact) mass is 351 g/mol. The van der Waals surface area contributed by atoms with Crippen molar-refractivity contribution in [2.75, 3.05) is 6.54 Å². The fourth-order valence-corrected chi connectivity index (χ4v) is 2.72. The maximum Gasteiger partial charge on any atom is 0.131 e. The molecule has 1 N–H and O–H groups in total. The number of aryl methyl sites for hydroxylation is 2. The minimum absolute atomic E-state index is 0.359. The molecule has 1 aromatic heterocycles. The summed E-state index contributed by atoms with van der Waals surface area (Å²) in [5, 5.41) is 7.76. The third kappa shape index (κ3) is 3.86. The van der Waals surface area contributed by atoms with Crippen LogP contribution in [0.4, 0.5) is 0 Å². The van der Waals surface area contributed by atoms with Gasteiger partial charge in [0.15, 0.2) is 0 Å². The van der Waals surface area contributed by atoms with Gasteiger partial charge in [-0.3, -0.25) is 4.68 Å². The molecule has 114 valence electrons. The Labute approximate surface area is 134 Å². The van der Waals surface area contributed by atoms with Crippen molar-refractivity contribution in [3.05, 3.63) is 45.7 Å². The Morgan fingerprint density at radius 3 is 2.52 bits per heavy atom. The van der Waals surface area contributed by atoms with Gasteiger partial charge in [-0.25, -0.2) is 0 Å². The van der Waals surface area contributed by atoms with E-state index < -0.39 is 0 Å². The second-order valence-electron chi connectivity index (χ2n) is 5.11. The minimum atomic E-state index is 0.359. The van der Waals surface area contributed by atoms with E-state index in [9.17, 15) is 0 Å². The Morgan fingerprint density at radius 2 is 2.00 bits per heavy atom. The molecule has 2 aromatic rings. The van der Waals surface area contributed by atoms with Crippen molar-refractivity contribution in [1.29, 1.82) is 0 Å². The SMILES string of the molecule is CCNC(C)c1ccc(OCc2c(Br)c(C)nn2C)cc1. The van der Waals surface area contributed by atoms with Crippen molar-refractivity contribution in [3.63, 3.8) is 0 Å². The Bertz CT molecular complexity index is 592. The first-order chi connectivity index (χ1) is 10.0. The van der Waals surface area contributed by atoms with Crippen LogP contribution in [0, 0.1) is 6.92 Å². The van der Waals surface area contributed by atoms with E-state index >= 15 is 0 Å². The lowest BCUT2D eigenvalue weighted by atomic mass is 10.1. The Morgan fingerprint density at radius 1 is 1.33 bits per heavy atom. The molecule has 1 unspecified atom stereocenters. The first-order valence-corrected chi connectivity index (χ1v) is 7.96. The number of ether oxygens (including phenoxy) is 1. The van der Waals surface area contributed by atoms with Crippen molar-refractivity contribution in [2.45, 2.75) is 33.4 Å². The highest BCUT2D eigenvalue weighted by Gasteiger charge is 2.11. The molecule has 0 spiro atoms. The quantitative estimate of drug-likeness (QED) is 0.861. The van der Waals surface area contributed by atoms with E-state index in [2.05, 4.69) is 52.3 Å². The summed E-state index contributed by atoms with van der Waals surface area (Å²) in [6.45, 7) is 7.72. The largest absolute Gasteiger partial charge is 0.487 e. The van der Waals surface area contributed by atoms with Gasteiger partial charge in [0.25, 0.3) is 0 Å². The third-order valence-corrected chi connectivity index (χ3v) is 4.56. The molecule has 5 heteroatoms. The fraction of sp³-hybridized carbons (Fsp3) is 0.438. The average Bonchev–Trinajstić information content (AvgIpc) is 2.71. The van der Waals surface area contributed by atoms with E-state index in [4.69, 9.17) is 4.74 Å². The standard InChI is InChI=1S/C16H22BrN3O/c1-5-18-11(2)13-6-8-14(9-7-13)21-10-15-16(17)12(3)19-20(15)4/h6-9,11,18H,5,10H2,1-4H3. The summed E-state index contributed by atoms with van der Waals surface area (Å²) in [4.78, 5) is 0. The molecule has 0 saturated heterocycles. The molecule has 0 bridgehead atoms. The van der Waals surface area contributed by atoms with Gasteiger partial charge in [-0.2, -0.15) is 5.10 Å². The smallest absolute Gasteiger partial charge is 0.131 e. The van der Waals surface area contributed by atoms with E-state index in [1.165, 1.54) is 5.56 Å². The fourth-order valence-electron chi connectivity index (χ4n) is 2.27. The predicted octanol–water partition coefficient (Wildman–Crippen LogP) is 3.74. The number of halogens is 1. The molecule has 0 aliphatic carbocycles. The normalized spacial score (nSPS) is 12.4. The van der Waals surface area contributed by atoms with Gasteiger partial charge in [-0.15, -0.1) is 0 Å². The number of aromatic nitrogens is 2. The highest BCUT2D eigenvalue weighted by atomic mass is 79.9. The minimum Gasteiger partial charge on any atom is -0.487 e. The van der Waals surface area contributed by atoms with Crippen LogP contribution in [-0.2, 0) is 13.7 Å². The zero-order valence-electron chi connectivity index (χ0n) is 13.0. The molecular formula is C16H22BrN3O. The second kappa shape index (κ2) is 7.09. The number of nitrogens with one attached hydrogen (secondary N) is 1. The predicted molar refractivity (Wildman–Crippen MR) is 88.5 cm³/mol. The van der Waals surface area contributed by atoms with Crippen LogP contribution in [0.3, 0.4) is 0 Å². The van der Waals surface area contributed by atoms with Gasteiger partial charge in [-0.1, -0.05) is 19.1 Å². The second-order valence-corrected chi connectivity index (χ2v) is 5.90. The topological polar surface area (TPSA) is 39.1 Å². The van der Waals surface area contributed by atoms with Crippen LogP contribution in [0.1, 0.15) is 36.8 Å². The Kier molecular flexibility index (Phi) is 5.42. The van der Waals surface area contributed by atoms with Gasteiger partial charge in [0.05, 0.1) is 15.9 Å². The number of benzene rings is 1. The highest BCUT2D eigenvalue weighted by molar-refractivity contribution is 9.10. The van der Waals surface area contributed by atoms with Crippen molar-refractivity contribution in [1.82, 2.24) is 15.1 Å². The number of nitrogens with zero attached hydrogens (tertiary/aromatic N) is 2. The lowest BCUT2D eigenvalue weighted by molar-refractivity contribution is 0.294. The van der Waals surface area contributed by atoms with Crippen molar-refractivity contribution in [3.8, 4) is 5.75 Å². The number of hydrogen-bond donors (Lipinski definition) is 1. The summed E-state index contributed by atoms with van der Waals surface area (Å²) in [6, 6.07) is 8.59. The van der Waals surface area contributed by atoms with Crippen molar-refractivity contribution < 1.29 is 4.74 Å². The maximum atomic E-state index is 5.85. The summed E-state index contributed by atoms with van der Waals surface area (Å²) in [7, 11) is 1.93. The first kappa shape index (κ1) is 16.0. The zero-order valence-corrected chi connectivity index (χ0v) is 14.6. The van der Waals surface area contributed by atoms with Crippen LogP contribution in [0.15, 0.2) is 28.7 Å². The van der Waals surface area contributed by atoms with E-state index in [1.54, 1.807) is 0 Å². The van der Waals surface area contributed by atoms with Gasteiger partial charge >= 0.3 is 0 Å². The molecule has 1 atom stereocenters. The van der Waals surface area contributed by atoms with Crippen LogP contribution in [0.5, 0.6) is 5.75 Å². The van der Waals surface area contributed by atoms with E-state index in [1.807, 2.05) is 30.8 Å². The van der Waals surface area contributed by atoms with E-state index in [0.29, 0.717) is 12.6 Å². The molecule has 4 nitrogen and oxygen atoms in total. The molecule has 0 saturated carbocycles. The van der Waals surface area contributed by atoms with Gasteiger partial charge in [0.2, 0.25) is 0 Å². The van der Waals surface area contributed by atoms with Gasteiger partial charge < -0.3 is 10.1 Å². The number of hydrogen-bond acceptors (Lipinski definition) is 3. The van der Waals surface area contributed by atoms with Crippen molar-refractivity contribution >= 4 is 15.9 Å². The molecule has 21 heavy (non-hydrogen) atoms. The van der Waals surface area contributed by atoms with Gasteiger partial charge in [0, 0.05) is 13.1 Å². The Balaban J connectivity index is 2.01. The summed E-state index contributed by atoms with van der Waals surface area (Å²) >= 11 is 3.55. The molecule has 0 radical (unpaired) electrons. The molecular weight excluding hydrogens is 330 g/mol. The summed E-state index contributed by atoms with van der Waals surface area (Å²) in [6.07, 6.45) is 0. The molecule has 1 heterocycles. The lowest BCUT2D eigenvalue weighted by Gasteiger charge is -2.13. The van der Waals surface area contributed by atoms with Crippen LogP contribution in [-0.4, -0.2) is 16.3 Å². The van der Waals surface area contributed by atoms with Gasteiger partial charge in [0.1, 0.15) is 12.4 Å². The van der Waals surface area contributed by atoms with Crippen LogP contribution in [0.25, 0.3) is 0 Å². The molecule has 0 amide bonds. The third-order valence-electron chi connectivity index (χ3n) is 3.53. The van der Waals surface area contributed by atoms with Crippen molar-refractivity contribution in [2.24, 2.45) is 7.05 Å². The first-order valence-electron chi connectivity index (χ1n) is 7.17. The summed E-state index contributed by atoms with van der Waals surface area (Å²) < 4.78 is 8.71. The lowest BCUT2D eigenvalue weighted by Crippen LogP contribution is -2.17. The van der Waals surface area contributed by atoms with E-state index in [0.717, 1.165) is 28.2 Å². The van der Waals surface area contributed by atoms with Crippen LogP contribution in [0.2, 0.25) is 0 Å². The summed E-state index contributed by atoms with van der Waals surface area (Å²) in [5.74, 6) is 0.869. The molecule has 2 rings (SSSR count). The molecule has 0 fully saturated rings. The van der Waals surface area contributed by atoms with Crippen LogP contribution < -0.4 is 10.1 Å². The number of rotatable bonds is 6.